The standard InChI is InChI=1S/C19H29N3O2/c1-15-7-8-17(13-16(15)2)19(24)21-14-18(23)20-9-6-12-22-10-4-3-5-11-22/h7-8,13H,3-6,9-12,14H2,1-2H3,(H,20,23)(H,21,24). The van der Waals surface area contributed by atoms with Gasteiger partial charge in [0.15, 0.2) is 0 Å². The van der Waals surface area contributed by atoms with Crippen LogP contribution in [0.1, 0.15) is 47.2 Å². The number of amides is 2. The normalized spacial score (nSPS) is 15.1. The summed E-state index contributed by atoms with van der Waals surface area (Å²) in [4.78, 5) is 26.3. The molecule has 0 unspecified atom stereocenters. The van der Waals surface area contributed by atoms with Crippen molar-refractivity contribution in [3.05, 3.63) is 34.9 Å². The van der Waals surface area contributed by atoms with Crippen LogP contribution in [0.4, 0.5) is 0 Å². The van der Waals surface area contributed by atoms with E-state index < -0.39 is 0 Å². The van der Waals surface area contributed by atoms with Gasteiger partial charge in [-0.3, -0.25) is 9.59 Å². The van der Waals surface area contributed by atoms with Crippen molar-refractivity contribution in [1.82, 2.24) is 15.5 Å². The third-order valence-electron chi connectivity index (χ3n) is 4.60. The Morgan fingerprint density at radius 1 is 1.04 bits per heavy atom. The summed E-state index contributed by atoms with van der Waals surface area (Å²) in [5.41, 5.74) is 2.82. The zero-order valence-electron chi connectivity index (χ0n) is 14.9. The molecule has 1 aliphatic rings. The second kappa shape index (κ2) is 9.42. The van der Waals surface area contributed by atoms with E-state index in [4.69, 9.17) is 0 Å². The fourth-order valence-corrected chi connectivity index (χ4v) is 2.92. The number of aryl methyl sites for hydroxylation is 2. The highest BCUT2D eigenvalue weighted by Crippen LogP contribution is 2.09. The molecule has 0 saturated carbocycles. The molecule has 2 N–H and O–H groups in total. The zero-order valence-corrected chi connectivity index (χ0v) is 14.9. The number of rotatable bonds is 7. The molecule has 1 saturated heterocycles. The Hall–Kier alpha value is -1.88. The minimum atomic E-state index is -0.207. The van der Waals surface area contributed by atoms with Gasteiger partial charge < -0.3 is 15.5 Å². The first-order valence-corrected chi connectivity index (χ1v) is 8.91. The van der Waals surface area contributed by atoms with Crippen molar-refractivity contribution in [2.45, 2.75) is 39.5 Å². The van der Waals surface area contributed by atoms with Crippen molar-refractivity contribution in [2.75, 3.05) is 32.7 Å². The number of piperidine rings is 1. The van der Waals surface area contributed by atoms with E-state index in [1.165, 1.54) is 32.4 Å². The van der Waals surface area contributed by atoms with Crippen LogP contribution in [-0.4, -0.2) is 49.4 Å². The first-order chi connectivity index (χ1) is 11.6. The lowest BCUT2D eigenvalue weighted by Gasteiger charge is -2.26. The summed E-state index contributed by atoms with van der Waals surface area (Å²) in [7, 11) is 0. The number of hydrogen-bond acceptors (Lipinski definition) is 3. The predicted molar refractivity (Wildman–Crippen MR) is 96.2 cm³/mol. The fourth-order valence-electron chi connectivity index (χ4n) is 2.92. The van der Waals surface area contributed by atoms with E-state index in [-0.39, 0.29) is 18.4 Å². The molecule has 0 radical (unpaired) electrons. The molecule has 2 amide bonds. The summed E-state index contributed by atoms with van der Waals surface area (Å²) < 4.78 is 0. The number of benzene rings is 1. The lowest BCUT2D eigenvalue weighted by atomic mass is 10.1. The van der Waals surface area contributed by atoms with Gasteiger partial charge in [0.1, 0.15) is 0 Å². The molecule has 5 nitrogen and oxygen atoms in total. The molecule has 0 spiro atoms. The van der Waals surface area contributed by atoms with Gasteiger partial charge in [-0.1, -0.05) is 12.5 Å². The molecule has 132 valence electrons. The van der Waals surface area contributed by atoms with E-state index in [9.17, 15) is 9.59 Å². The maximum absolute atomic E-state index is 12.1. The minimum absolute atomic E-state index is 0.0233. The van der Waals surface area contributed by atoms with E-state index in [1.54, 1.807) is 6.07 Å². The van der Waals surface area contributed by atoms with Crippen LogP contribution in [0.2, 0.25) is 0 Å². The van der Waals surface area contributed by atoms with Crippen molar-refractivity contribution in [3.8, 4) is 0 Å². The summed E-state index contributed by atoms with van der Waals surface area (Å²) in [6, 6.07) is 5.56. The zero-order chi connectivity index (χ0) is 17.4. The highest BCUT2D eigenvalue weighted by Gasteiger charge is 2.10. The molecule has 5 heteroatoms. The molecule has 1 aromatic carbocycles. The monoisotopic (exact) mass is 331 g/mol. The van der Waals surface area contributed by atoms with Gasteiger partial charge in [0.2, 0.25) is 5.91 Å². The van der Waals surface area contributed by atoms with Gasteiger partial charge in [0, 0.05) is 12.1 Å². The summed E-state index contributed by atoms with van der Waals surface area (Å²) in [5.74, 6) is -0.340. The Kier molecular flexibility index (Phi) is 7.25. The average Bonchev–Trinajstić information content (AvgIpc) is 2.60. The quantitative estimate of drug-likeness (QED) is 0.752. The summed E-state index contributed by atoms with van der Waals surface area (Å²) >= 11 is 0. The molecule has 0 aromatic heterocycles. The molecule has 0 bridgehead atoms. The molecular weight excluding hydrogens is 302 g/mol. The van der Waals surface area contributed by atoms with Crippen molar-refractivity contribution in [2.24, 2.45) is 0 Å². The number of nitrogens with zero attached hydrogens (tertiary/aromatic N) is 1. The molecule has 1 heterocycles. The maximum atomic E-state index is 12.1. The molecule has 1 aliphatic heterocycles. The lowest BCUT2D eigenvalue weighted by molar-refractivity contribution is -0.120. The summed E-state index contributed by atoms with van der Waals surface area (Å²) in [5, 5.41) is 5.54. The van der Waals surface area contributed by atoms with Gasteiger partial charge in [-0.05, 0) is 76.0 Å². The van der Waals surface area contributed by atoms with E-state index in [0.717, 1.165) is 24.1 Å². The third-order valence-corrected chi connectivity index (χ3v) is 4.60. The molecule has 1 fully saturated rings. The summed E-state index contributed by atoms with van der Waals surface area (Å²) in [6.45, 7) is 8.06. The van der Waals surface area contributed by atoms with Gasteiger partial charge >= 0.3 is 0 Å². The van der Waals surface area contributed by atoms with E-state index in [0.29, 0.717) is 12.1 Å². The van der Waals surface area contributed by atoms with Crippen LogP contribution in [0.5, 0.6) is 0 Å². The Morgan fingerprint density at radius 3 is 2.50 bits per heavy atom. The van der Waals surface area contributed by atoms with Gasteiger partial charge in [-0.2, -0.15) is 0 Å². The smallest absolute Gasteiger partial charge is 0.251 e. The highest BCUT2D eigenvalue weighted by molar-refractivity contribution is 5.96. The highest BCUT2D eigenvalue weighted by atomic mass is 16.2. The number of carbonyl (C=O) groups is 2. The first-order valence-electron chi connectivity index (χ1n) is 8.91. The number of hydrogen-bond donors (Lipinski definition) is 2. The Labute approximate surface area is 144 Å². The van der Waals surface area contributed by atoms with Crippen LogP contribution in [0.3, 0.4) is 0 Å². The Bertz CT molecular complexity index is 566. The molecule has 2 rings (SSSR count). The Balaban J connectivity index is 1.61. The molecule has 0 aliphatic carbocycles. The van der Waals surface area contributed by atoms with Gasteiger partial charge in [0.05, 0.1) is 6.54 Å². The number of likely N-dealkylation sites (tertiary alicyclic amines) is 1. The van der Waals surface area contributed by atoms with E-state index >= 15 is 0 Å². The second-order valence-electron chi connectivity index (χ2n) is 6.59. The fraction of sp³-hybridized carbons (Fsp3) is 0.579. The summed E-state index contributed by atoms with van der Waals surface area (Å²) in [6.07, 6.45) is 4.87. The first kappa shape index (κ1) is 18.5. The lowest BCUT2D eigenvalue weighted by Crippen LogP contribution is -2.38. The van der Waals surface area contributed by atoms with Crippen LogP contribution in [0.15, 0.2) is 18.2 Å². The van der Waals surface area contributed by atoms with Gasteiger partial charge in [-0.15, -0.1) is 0 Å². The van der Waals surface area contributed by atoms with Gasteiger partial charge in [-0.25, -0.2) is 0 Å². The maximum Gasteiger partial charge on any atom is 0.251 e. The van der Waals surface area contributed by atoms with E-state index in [1.807, 2.05) is 26.0 Å². The van der Waals surface area contributed by atoms with Crippen LogP contribution >= 0.6 is 0 Å². The molecule has 1 aromatic rings. The van der Waals surface area contributed by atoms with Crippen molar-refractivity contribution >= 4 is 11.8 Å². The molecule has 24 heavy (non-hydrogen) atoms. The van der Waals surface area contributed by atoms with Crippen molar-refractivity contribution < 1.29 is 9.59 Å². The van der Waals surface area contributed by atoms with Crippen molar-refractivity contribution in [1.29, 1.82) is 0 Å². The van der Waals surface area contributed by atoms with E-state index in [2.05, 4.69) is 15.5 Å². The predicted octanol–water partition coefficient (Wildman–Crippen LogP) is 2.03. The van der Waals surface area contributed by atoms with Crippen LogP contribution in [-0.2, 0) is 4.79 Å². The van der Waals surface area contributed by atoms with Gasteiger partial charge in [0.25, 0.3) is 5.91 Å². The van der Waals surface area contributed by atoms with Crippen molar-refractivity contribution in [3.63, 3.8) is 0 Å². The third kappa shape index (κ3) is 5.96. The number of nitrogens with one attached hydrogen (secondary N) is 2. The Morgan fingerprint density at radius 2 is 1.79 bits per heavy atom. The largest absolute Gasteiger partial charge is 0.355 e. The second-order valence-corrected chi connectivity index (χ2v) is 6.59. The van der Waals surface area contributed by atoms with Crippen LogP contribution in [0.25, 0.3) is 0 Å². The van der Waals surface area contributed by atoms with Crippen LogP contribution in [0, 0.1) is 13.8 Å². The topological polar surface area (TPSA) is 61.4 Å². The average molecular weight is 331 g/mol. The van der Waals surface area contributed by atoms with Crippen LogP contribution < -0.4 is 10.6 Å². The SMILES string of the molecule is Cc1ccc(C(=O)NCC(=O)NCCCN2CCCCC2)cc1C. The molecular formula is C19H29N3O2. The molecule has 0 atom stereocenters. The minimum Gasteiger partial charge on any atom is -0.355 e. The number of carbonyl (C=O) groups excluding carboxylic acids is 2.